The summed E-state index contributed by atoms with van der Waals surface area (Å²) in [6.45, 7) is 2.21. The van der Waals surface area contributed by atoms with Crippen LogP contribution in [0, 0.1) is 0 Å². The fourth-order valence-corrected chi connectivity index (χ4v) is 1.98. The van der Waals surface area contributed by atoms with Crippen molar-refractivity contribution in [1.29, 1.82) is 0 Å². The first-order valence-corrected chi connectivity index (χ1v) is 6.13. The molecule has 1 aromatic heterocycles. The number of unbranched alkanes of at least 4 members (excludes halogenated alkanes) is 2. The summed E-state index contributed by atoms with van der Waals surface area (Å²) in [7, 11) is 0. The number of nitrogens with two attached hydrogens (primary N) is 1. The van der Waals surface area contributed by atoms with Crippen LogP contribution >= 0.6 is 11.8 Å². The van der Waals surface area contributed by atoms with Crippen LogP contribution < -0.4 is 5.73 Å². The van der Waals surface area contributed by atoms with Crippen molar-refractivity contribution in [3.05, 3.63) is 18.1 Å². The van der Waals surface area contributed by atoms with Crippen LogP contribution in [0.25, 0.3) is 0 Å². The molecule has 2 N–H and O–H groups in total. The molecule has 1 heterocycles. The topological polar surface area (TPSA) is 51.8 Å². The normalized spacial score (nSPS) is 10.4. The van der Waals surface area contributed by atoms with Crippen LogP contribution in [0.3, 0.4) is 0 Å². The predicted octanol–water partition coefficient (Wildman–Crippen LogP) is 2.48. The van der Waals surface area contributed by atoms with E-state index in [-0.39, 0.29) is 0 Å². The van der Waals surface area contributed by atoms with E-state index in [9.17, 15) is 0 Å². The third kappa shape index (κ3) is 4.46. The molecule has 3 nitrogen and oxygen atoms in total. The average Bonchev–Trinajstić information content (AvgIpc) is 2.18. The van der Waals surface area contributed by atoms with Gasteiger partial charge in [-0.2, -0.15) is 11.8 Å². The zero-order chi connectivity index (χ0) is 10.2. The van der Waals surface area contributed by atoms with Gasteiger partial charge in [-0.25, -0.2) is 9.97 Å². The standard InChI is InChI=1S/C10H17N3S/c1-2-3-4-7-14-8-10-12-6-5-9(11)13-10/h5-6H,2-4,7-8H2,1H3,(H2,11,12,13). The number of rotatable bonds is 6. The molecule has 1 aromatic rings. The fourth-order valence-electron chi connectivity index (χ4n) is 1.10. The van der Waals surface area contributed by atoms with E-state index in [2.05, 4.69) is 16.9 Å². The van der Waals surface area contributed by atoms with Crippen molar-refractivity contribution in [1.82, 2.24) is 9.97 Å². The molecule has 0 saturated heterocycles. The van der Waals surface area contributed by atoms with Crippen molar-refractivity contribution in [3.8, 4) is 0 Å². The van der Waals surface area contributed by atoms with Gasteiger partial charge in [0.2, 0.25) is 0 Å². The molecule has 0 saturated carbocycles. The summed E-state index contributed by atoms with van der Waals surface area (Å²) in [6.07, 6.45) is 5.58. The maximum absolute atomic E-state index is 5.55. The first-order chi connectivity index (χ1) is 6.83. The Bertz CT molecular complexity index is 265. The van der Waals surface area contributed by atoms with Gasteiger partial charge in [0, 0.05) is 6.20 Å². The molecule has 0 unspecified atom stereocenters. The molecule has 0 spiro atoms. The molecule has 0 radical (unpaired) electrons. The Labute approximate surface area is 89.5 Å². The molecule has 0 aliphatic heterocycles. The van der Waals surface area contributed by atoms with Gasteiger partial charge < -0.3 is 5.73 Å². The highest BCUT2D eigenvalue weighted by molar-refractivity contribution is 7.98. The lowest BCUT2D eigenvalue weighted by atomic mass is 10.3. The maximum atomic E-state index is 5.55. The van der Waals surface area contributed by atoms with Crippen LogP contribution in [0.15, 0.2) is 12.3 Å². The Morgan fingerprint density at radius 2 is 2.29 bits per heavy atom. The second-order valence-corrected chi connectivity index (χ2v) is 4.26. The van der Waals surface area contributed by atoms with Crippen LogP contribution in [0.1, 0.15) is 32.0 Å². The SMILES string of the molecule is CCCCCSCc1nccc(N)n1. The lowest BCUT2D eigenvalue weighted by Crippen LogP contribution is -1.97. The Morgan fingerprint density at radius 3 is 3.00 bits per heavy atom. The third-order valence-electron chi connectivity index (χ3n) is 1.85. The number of hydrogen-bond acceptors (Lipinski definition) is 4. The van der Waals surface area contributed by atoms with Gasteiger partial charge >= 0.3 is 0 Å². The van der Waals surface area contributed by atoms with E-state index in [1.807, 2.05) is 11.8 Å². The summed E-state index contributed by atoms with van der Waals surface area (Å²) < 4.78 is 0. The van der Waals surface area contributed by atoms with Crippen molar-refractivity contribution < 1.29 is 0 Å². The van der Waals surface area contributed by atoms with Gasteiger partial charge in [0.1, 0.15) is 11.6 Å². The molecule has 0 atom stereocenters. The van der Waals surface area contributed by atoms with Crippen LogP contribution in [-0.2, 0) is 5.75 Å². The van der Waals surface area contributed by atoms with Crippen LogP contribution in [0.2, 0.25) is 0 Å². The maximum Gasteiger partial charge on any atom is 0.140 e. The van der Waals surface area contributed by atoms with Crippen molar-refractivity contribution >= 4 is 17.6 Å². The summed E-state index contributed by atoms with van der Waals surface area (Å²) in [6, 6.07) is 1.71. The molecule has 78 valence electrons. The lowest BCUT2D eigenvalue weighted by Gasteiger charge is -2.00. The van der Waals surface area contributed by atoms with E-state index >= 15 is 0 Å². The first-order valence-electron chi connectivity index (χ1n) is 4.98. The van der Waals surface area contributed by atoms with E-state index < -0.39 is 0 Å². The van der Waals surface area contributed by atoms with Crippen molar-refractivity contribution in [2.75, 3.05) is 11.5 Å². The molecule has 1 rings (SSSR count). The number of hydrogen-bond donors (Lipinski definition) is 1. The Morgan fingerprint density at radius 1 is 1.43 bits per heavy atom. The second kappa shape index (κ2) is 6.65. The van der Waals surface area contributed by atoms with Gasteiger partial charge in [-0.15, -0.1) is 0 Å². The zero-order valence-corrected chi connectivity index (χ0v) is 9.39. The minimum absolute atomic E-state index is 0.559. The summed E-state index contributed by atoms with van der Waals surface area (Å²) in [4.78, 5) is 8.28. The second-order valence-electron chi connectivity index (χ2n) is 3.16. The van der Waals surface area contributed by atoms with Gasteiger partial charge in [0.15, 0.2) is 0 Å². The fraction of sp³-hybridized carbons (Fsp3) is 0.600. The molecule has 4 heteroatoms. The number of thioether (sulfide) groups is 1. The summed E-state index contributed by atoms with van der Waals surface area (Å²) in [5, 5.41) is 0. The number of anilines is 1. The van der Waals surface area contributed by atoms with Gasteiger partial charge in [0.05, 0.1) is 5.75 Å². The third-order valence-corrected chi connectivity index (χ3v) is 2.89. The molecule has 0 amide bonds. The van der Waals surface area contributed by atoms with Crippen molar-refractivity contribution in [2.45, 2.75) is 31.9 Å². The number of nitrogen functional groups attached to an aromatic ring is 1. The number of nitrogens with zero attached hydrogens (tertiary/aromatic N) is 2. The van der Waals surface area contributed by atoms with E-state index in [0.29, 0.717) is 5.82 Å². The molecule has 0 fully saturated rings. The van der Waals surface area contributed by atoms with Crippen LogP contribution in [0.5, 0.6) is 0 Å². The molecular weight excluding hydrogens is 194 g/mol. The van der Waals surface area contributed by atoms with Crippen LogP contribution in [0.4, 0.5) is 5.82 Å². The molecular formula is C10H17N3S. The predicted molar refractivity (Wildman–Crippen MR) is 62.1 cm³/mol. The highest BCUT2D eigenvalue weighted by Crippen LogP contribution is 2.11. The van der Waals surface area contributed by atoms with E-state index in [1.165, 1.54) is 25.0 Å². The largest absolute Gasteiger partial charge is 0.384 e. The monoisotopic (exact) mass is 211 g/mol. The quantitative estimate of drug-likeness (QED) is 0.734. The smallest absolute Gasteiger partial charge is 0.140 e. The lowest BCUT2D eigenvalue weighted by molar-refractivity contribution is 0.778. The summed E-state index contributed by atoms with van der Waals surface area (Å²) in [5.74, 6) is 3.46. The molecule has 14 heavy (non-hydrogen) atoms. The van der Waals surface area contributed by atoms with Gasteiger partial charge in [-0.05, 0) is 18.2 Å². The molecule has 0 aliphatic carbocycles. The summed E-state index contributed by atoms with van der Waals surface area (Å²) >= 11 is 1.87. The Balaban J connectivity index is 2.18. The van der Waals surface area contributed by atoms with E-state index in [4.69, 9.17) is 5.73 Å². The van der Waals surface area contributed by atoms with E-state index in [0.717, 1.165) is 11.6 Å². The minimum atomic E-state index is 0.559. The summed E-state index contributed by atoms with van der Waals surface area (Å²) in [5.41, 5.74) is 5.55. The highest BCUT2D eigenvalue weighted by Gasteiger charge is 1.96. The molecule has 0 aromatic carbocycles. The Kier molecular flexibility index (Phi) is 5.37. The molecule has 0 bridgehead atoms. The van der Waals surface area contributed by atoms with Gasteiger partial charge in [0.25, 0.3) is 0 Å². The number of aromatic nitrogens is 2. The van der Waals surface area contributed by atoms with Crippen LogP contribution in [-0.4, -0.2) is 15.7 Å². The zero-order valence-electron chi connectivity index (χ0n) is 8.57. The highest BCUT2D eigenvalue weighted by atomic mass is 32.2. The van der Waals surface area contributed by atoms with Gasteiger partial charge in [-0.3, -0.25) is 0 Å². The van der Waals surface area contributed by atoms with Gasteiger partial charge in [-0.1, -0.05) is 19.8 Å². The average molecular weight is 211 g/mol. The molecule has 0 aliphatic rings. The van der Waals surface area contributed by atoms with E-state index in [1.54, 1.807) is 12.3 Å². The van der Waals surface area contributed by atoms with Crippen molar-refractivity contribution in [3.63, 3.8) is 0 Å². The first kappa shape index (κ1) is 11.3. The Hall–Kier alpha value is -0.770. The minimum Gasteiger partial charge on any atom is -0.384 e. The van der Waals surface area contributed by atoms with Crippen molar-refractivity contribution in [2.24, 2.45) is 0 Å².